The zero-order valence-electron chi connectivity index (χ0n) is 6.46. The van der Waals surface area contributed by atoms with E-state index in [4.69, 9.17) is 16.9 Å². The number of nitrogens with zero attached hydrogens (tertiary/aromatic N) is 1. The van der Waals surface area contributed by atoms with Gasteiger partial charge < -0.3 is 0 Å². The van der Waals surface area contributed by atoms with Gasteiger partial charge in [-0.3, -0.25) is 4.21 Å². The molecule has 1 aromatic carbocycles. The Morgan fingerprint density at radius 3 is 2.85 bits per heavy atom. The molecule has 0 saturated heterocycles. The maximum atomic E-state index is 12.7. The SMILES string of the molecule is N#CCS(=O)c1ccc(F)c(Cl)c1. The first kappa shape index (κ1) is 10.2. The Hall–Kier alpha value is -0.920. The van der Waals surface area contributed by atoms with Crippen molar-refractivity contribution in [1.29, 1.82) is 5.26 Å². The molecule has 0 aliphatic heterocycles. The van der Waals surface area contributed by atoms with Crippen LogP contribution >= 0.6 is 11.6 Å². The van der Waals surface area contributed by atoms with Crippen molar-refractivity contribution in [1.82, 2.24) is 0 Å². The van der Waals surface area contributed by atoms with Crippen LogP contribution in [0.15, 0.2) is 23.1 Å². The van der Waals surface area contributed by atoms with Gasteiger partial charge in [-0.1, -0.05) is 11.6 Å². The Bertz CT molecular complexity index is 388. The number of hydrogen-bond acceptors (Lipinski definition) is 2. The molecule has 0 saturated carbocycles. The van der Waals surface area contributed by atoms with Crippen molar-refractivity contribution in [3.8, 4) is 6.07 Å². The van der Waals surface area contributed by atoms with E-state index < -0.39 is 16.6 Å². The summed E-state index contributed by atoms with van der Waals surface area (Å²) in [5.74, 6) is -0.665. The molecule has 5 heteroatoms. The molecule has 1 aromatic rings. The fourth-order valence-corrected chi connectivity index (χ4v) is 1.76. The average molecular weight is 218 g/mol. The lowest BCUT2D eigenvalue weighted by Gasteiger charge is -1.98. The molecule has 1 unspecified atom stereocenters. The molecule has 0 aliphatic carbocycles. The maximum absolute atomic E-state index is 12.7. The average Bonchev–Trinajstić information content (AvgIpc) is 2.10. The number of halogens is 2. The van der Waals surface area contributed by atoms with E-state index in [-0.39, 0.29) is 10.8 Å². The van der Waals surface area contributed by atoms with Crippen molar-refractivity contribution in [2.45, 2.75) is 4.90 Å². The Labute approximate surface area is 82.4 Å². The lowest BCUT2D eigenvalue weighted by atomic mass is 10.3. The predicted molar refractivity (Wildman–Crippen MR) is 48.3 cm³/mol. The number of rotatable bonds is 2. The molecule has 1 rings (SSSR count). The molecule has 0 aromatic heterocycles. The van der Waals surface area contributed by atoms with Crippen molar-refractivity contribution in [3.63, 3.8) is 0 Å². The summed E-state index contributed by atoms with van der Waals surface area (Å²) in [6.07, 6.45) is 0. The molecule has 0 spiro atoms. The highest BCUT2D eigenvalue weighted by molar-refractivity contribution is 7.85. The predicted octanol–water partition coefficient (Wildman–Crippen LogP) is 2.11. The second-order valence-electron chi connectivity index (χ2n) is 2.22. The van der Waals surface area contributed by atoms with E-state index in [2.05, 4.69) is 0 Å². The molecule has 0 bridgehead atoms. The molecule has 1 atom stereocenters. The number of hydrogen-bond donors (Lipinski definition) is 0. The van der Waals surface area contributed by atoms with E-state index in [9.17, 15) is 8.60 Å². The fraction of sp³-hybridized carbons (Fsp3) is 0.125. The monoisotopic (exact) mass is 217 g/mol. The lowest BCUT2D eigenvalue weighted by Crippen LogP contribution is -1.95. The van der Waals surface area contributed by atoms with E-state index in [0.29, 0.717) is 4.90 Å². The van der Waals surface area contributed by atoms with Crippen LogP contribution in [0.1, 0.15) is 0 Å². The molecule has 0 N–H and O–H groups in total. The molecular weight excluding hydrogens is 213 g/mol. The van der Waals surface area contributed by atoms with Crippen LogP contribution in [0.4, 0.5) is 4.39 Å². The van der Waals surface area contributed by atoms with Crippen molar-refractivity contribution >= 4 is 22.4 Å². The second kappa shape index (κ2) is 4.35. The van der Waals surface area contributed by atoms with Crippen LogP contribution in [0.2, 0.25) is 5.02 Å². The fourth-order valence-electron chi connectivity index (χ4n) is 0.760. The zero-order chi connectivity index (χ0) is 9.84. The van der Waals surface area contributed by atoms with Crippen LogP contribution in [-0.2, 0) is 10.8 Å². The first-order valence-electron chi connectivity index (χ1n) is 3.35. The van der Waals surface area contributed by atoms with Gasteiger partial charge in [0.25, 0.3) is 0 Å². The van der Waals surface area contributed by atoms with Gasteiger partial charge in [0.1, 0.15) is 11.6 Å². The smallest absolute Gasteiger partial charge is 0.141 e. The minimum Gasteiger partial charge on any atom is -0.253 e. The third kappa shape index (κ3) is 2.51. The Balaban J connectivity index is 2.98. The number of nitriles is 1. The largest absolute Gasteiger partial charge is 0.253 e. The molecule has 2 nitrogen and oxygen atoms in total. The second-order valence-corrected chi connectivity index (χ2v) is 4.08. The highest BCUT2D eigenvalue weighted by atomic mass is 35.5. The lowest BCUT2D eigenvalue weighted by molar-refractivity contribution is 0.626. The molecule has 0 radical (unpaired) electrons. The topological polar surface area (TPSA) is 40.9 Å². The minimum atomic E-state index is -1.41. The van der Waals surface area contributed by atoms with E-state index >= 15 is 0 Å². The molecule has 13 heavy (non-hydrogen) atoms. The van der Waals surface area contributed by atoms with Crippen LogP contribution in [0.5, 0.6) is 0 Å². The molecule has 0 amide bonds. The minimum absolute atomic E-state index is 0.0798. The van der Waals surface area contributed by atoms with E-state index in [0.717, 1.165) is 6.07 Å². The summed E-state index contributed by atoms with van der Waals surface area (Å²) < 4.78 is 23.9. The summed E-state index contributed by atoms with van der Waals surface area (Å²) in [6.45, 7) is 0. The Kier molecular flexibility index (Phi) is 3.40. The quantitative estimate of drug-likeness (QED) is 0.761. The van der Waals surface area contributed by atoms with Crippen molar-refractivity contribution in [2.24, 2.45) is 0 Å². The van der Waals surface area contributed by atoms with Crippen LogP contribution < -0.4 is 0 Å². The third-order valence-corrected chi connectivity index (χ3v) is 2.81. The molecule has 68 valence electrons. The maximum Gasteiger partial charge on any atom is 0.141 e. The normalized spacial score (nSPS) is 12.1. The van der Waals surface area contributed by atoms with Gasteiger partial charge in [-0.05, 0) is 18.2 Å². The first-order valence-corrected chi connectivity index (χ1v) is 5.05. The van der Waals surface area contributed by atoms with Crippen molar-refractivity contribution < 1.29 is 8.60 Å². The highest BCUT2D eigenvalue weighted by Gasteiger charge is 2.06. The van der Waals surface area contributed by atoms with Gasteiger partial charge in [-0.2, -0.15) is 5.26 Å². The van der Waals surface area contributed by atoms with Gasteiger partial charge in [0.05, 0.1) is 21.9 Å². The summed E-state index contributed by atoms with van der Waals surface area (Å²) >= 11 is 5.47. The first-order chi connectivity index (χ1) is 6.15. The summed E-state index contributed by atoms with van der Waals surface area (Å²) in [5.41, 5.74) is 0. The van der Waals surface area contributed by atoms with E-state index in [1.54, 1.807) is 6.07 Å². The van der Waals surface area contributed by atoms with Gasteiger partial charge in [0.2, 0.25) is 0 Å². The summed E-state index contributed by atoms with van der Waals surface area (Å²) in [6, 6.07) is 5.52. The van der Waals surface area contributed by atoms with Crippen LogP contribution in [-0.4, -0.2) is 9.96 Å². The van der Waals surface area contributed by atoms with Gasteiger partial charge in [0, 0.05) is 4.90 Å². The van der Waals surface area contributed by atoms with Crippen molar-refractivity contribution in [2.75, 3.05) is 5.75 Å². The van der Waals surface area contributed by atoms with Crippen LogP contribution in [0.3, 0.4) is 0 Å². The molecular formula is C8H5ClFNOS. The summed E-state index contributed by atoms with van der Waals surface area (Å²) in [4.78, 5) is 0.368. The van der Waals surface area contributed by atoms with Gasteiger partial charge >= 0.3 is 0 Å². The van der Waals surface area contributed by atoms with E-state index in [1.807, 2.05) is 0 Å². The standard InChI is InChI=1S/C8H5ClFNOS/c9-7-5-6(1-2-8(7)10)13(12)4-3-11/h1-2,5H,4H2. The Morgan fingerprint density at radius 2 is 2.31 bits per heavy atom. The summed E-state index contributed by atoms with van der Waals surface area (Å²) in [7, 11) is -1.41. The zero-order valence-corrected chi connectivity index (χ0v) is 8.03. The van der Waals surface area contributed by atoms with Crippen molar-refractivity contribution in [3.05, 3.63) is 29.0 Å². The molecule has 0 fully saturated rings. The third-order valence-electron chi connectivity index (χ3n) is 1.35. The van der Waals surface area contributed by atoms with Gasteiger partial charge in [0.15, 0.2) is 0 Å². The van der Waals surface area contributed by atoms with Crippen LogP contribution in [0.25, 0.3) is 0 Å². The number of benzene rings is 1. The molecule has 0 aliphatic rings. The summed E-state index contributed by atoms with van der Waals surface area (Å²) in [5, 5.41) is 8.19. The molecule has 0 heterocycles. The highest BCUT2D eigenvalue weighted by Crippen LogP contribution is 2.18. The van der Waals surface area contributed by atoms with Gasteiger partial charge in [-0.25, -0.2) is 4.39 Å². The Morgan fingerprint density at radius 1 is 1.62 bits per heavy atom. The van der Waals surface area contributed by atoms with Crippen LogP contribution in [0, 0.1) is 17.1 Å². The van der Waals surface area contributed by atoms with E-state index in [1.165, 1.54) is 12.1 Å². The van der Waals surface area contributed by atoms with Gasteiger partial charge in [-0.15, -0.1) is 0 Å².